The summed E-state index contributed by atoms with van der Waals surface area (Å²) in [5.74, 6) is 0.742. The number of ether oxygens (including phenoxy) is 1. The molecule has 21 heavy (non-hydrogen) atoms. The SMILES string of the molecule is COC(c1nc(Cl)c(-c2ccccc2C)c(Cl)n1)C(C)C. The van der Waals surface area contributed by atoms with Crippen molar-refractivity contribution in [2.45, 2.75) is 26.9 Å². The second-order valence-electron chi connectivity index (χ2n) is 5.25. The first kappa shape index (κ1) is 16.2. The fourth-order valence-corrected chi connectivity index (χ4v) is 2.91. The van der Waals surface area contributed by atoms with Gasteiger partial charge in [0.25, 0.3) is 0 Å². The molecule has 1 heterocycles. The van der Waals surface area contributed by atoms with E-state index in [0.717, 1.165) is 11.1 Å². The average molecular weight is 325 g/mol. The minimum absolute atomic E-state index is 0.228. The first-order chi connectivity index (χ1) is 9.95. The quantitative estimate of drug-likeness (QED) is 0.733. The Morgan fingerprint density at radius 2 is 1.62 bits per heavy atom. The number of methoxy groups -OCH3 is 1. The Morgan fingerprint density at radius 3 is 2.10 bits per heavy atom. The van der Waals surface area contributed by atoms with Gasteiger partial charge in [-0.05, 0) is 24.0 Å². The third-order valence-corrected chi connectivity index (χ3v) is 3.91. The summed E-state index contributed by atoms with van der Waals surface area (Å²) in [4.78, 5) is 8.78. The number of aryl methyl sites for hydroxylation is 1. The molecule has 1 aromatic heterocycles. The number of rotatable bonds is 4. The number of nitrogens with zero attached hydrogens (tertiary/aromatic N) is 2. The lowest BCUT2D eigenvalue weighted by atomic mass is 10.0. The lowest BCUT2D eigenvalue weighted by Crippen LogP contribution is -2.13. The molecule has 0 bridgehead atoms. The van der Waals surface area contributed by atoms with E-state index in [1.165, 1.54) is 0 Å². The van der Waals surface area contributed by atoms with Crippen LogP contribution in [0.5, 0.6) is 0 Å². The van der Waals surface area contributed by atoms with Gasteiger partial charge in [-0.3, -0.25) is 0 Å². The highest BCUT2D eigenvalue weighted by atomic mass is 35.5. The first-order valence-electron chi connectivity index (χ1n) is 6.77. The van der Waals surface area contributed by atoms with Crippen molar-refractivity contribution in [1.29, 1.82) is 0 Å². The Kier molecular flexibility index (Phi) is 5.20. The first-order valence-corrected chi connectivity index (χ1v) is 7.53. The maximum Gasteiger partial charge on any atom is 0.160 e. The Labute approximate surface area is 135 Å². The van der Waals surface area contributed by atoms with Crippen molar-refractivity contribution in [3.8, 4) is 11.1 Å². The number of benzene rings is 1. The van der Waals surface area contributed by atoms with Crippen molar-refractivity contribution in [2.24, 2.45) is 5.92 Å². The molecular weight excluding hydrogens is 307 g/mol. The van der Waals surface area contributed by atoms with Gasteiger partial charge in [-0.15, -0.1) is 0 Å². The van der Waals surface area contributed by atoms with Crippen molar-refractivity contribution in [3.63, 3.8) is 0 Å². The van der Waals surface area contributed by atoms with E-state index < -0.39 is 0 Å². The Balaban J connectivity index is 2.55. The van der Waals surface area contributed by atoms with Crippen LogP contribution >= 0.6 is 23.2 Å². The molecule has 0 aliphatic rings. The summed E-state index contributed by atoms with van der Waals surface area (Å²) in [5.41, 5.74) is 2.68. The molecule has 5 heteroatoms. The van der Waals surface area contributed by atoms with Crippen LogP contribution in [0.4, 0.5) is 0 Å². The van der Waals surface area contributed by atoms with Crippen molar-refractivity contribution in [3.05, 3.63) is 46.0 Å². The van der Waals surface area contributed by atoms with Gasteiger partial charge in [-0.1, -0.05) is 61.3 Å². The third-order valence-electron chi connectivity index (χ3n) is 3.37. The number of hydrogen-bond donors (Lipinski definition) is 0. The Bertz CT molecular complexity index is 621. The van der Waals surface area contributed by atoms with Crippen LogP contribution in [-0.2, 0) is 4.74 Å². The molecule has 112 valence electrons. The molecule has 0 aliphatic carbocycles. The van der Waals surface area contributed by atoms with Gasteiger partial charge in [0.1, 0.15) is 16.4 Å². The van der Waals surface area contributed by atoms with E-state index in [0.29, 0.717) is 21.7 Å². The zero-order chi connectivity index (χ0) is 15.6. The largest absolute Gasteiger partial charge is 0.373 e. The van der Waals surface area contributed by atoms with E-state index in [9.17, 15) is 0 Å². The van der Waals surface area contributed by atoms with Crippen LogP contribution in [0.3, 0.4) is 0 Å². The molecule has 0 saturated carbocycles. The monoisotopic (exact) mass is 324 g/mol. The minimum Gasteiger partial charge on any atom is -0.373 e. The molecule has 0 radical (unpaired) electrons. The maximum absolute atomic E-state index is 6.36. The average Bonchev–Trinajstić information content (AvgIpc) is 2.40. The van der Waals surface area contributed by atoms with Gasteiger partial charge in [0.05, 0.1) is 5.56 Å². The van der Waals surface area contributed by atoms with Crippen LogP contribution in [0.25, 0.3) is 11.1 Å². The van der Waals surface area contributed by atoms with Crippen LogP contribution in [0.1, 0.15) is 31.3 Å². The van der Waals surface area contributed by atoms with Crippen LogP contribution < -0.4 is 0 Å². The number of halogens is 2. The third kappa shape index (κ3) is 3.37. The molecule has 2 aromatic rings. The van der Waals surface area contributed by atoms with Gasteiger partial charge >= 0.3 is 0 Å². The van der Waals surface area contributed by atoms with E-state index in [-0.39, 0.29) is 12.0 Å². The van der Waals surface area contributed by atoms with Gasteiger partial charge in [0.15, 0.2) is 5.82 Å². The van der Waals surface area contributed by atoms with Crippen molar-refractivity contribution in [2.75, 3.05) is 7.11 Å². The lowest BCUT2D eigenvalue weighted by molar-refractivity contribution is 0.0575. The summed E-state index contributed by atoms with van der Waals surface area (Å²) in [6.45, 7) is 6.07. The predicted molar refractivity (Wildman–Crippen MR) is 86.8 cm³/mol. The highest BCUT2D eigenvalue weighted by Crippen LogP contribution is 2.36. The molecule has 0 amide bonds. The summed E-state index contributed by atoms with van der Waals surface area (Å²) >= 11 is 12.7. The zero-order valence-electron chi connectivity index (χ0n) is 12.5. The van der Waals surface area contributed by atoms with Gasteiger partial charge in [-0.2, -0.15) is 0 Å². The summed E-state index contributed by atoms with van der Waals surface area (Å²) in [5, 5.41) is 0.698. The molecule has 1 unspecified atom stereocenters. The fourth-order valence-electron chi connectivity index (χ4n) is 2.30. The molecule has 1 atom stereocenters. The predicted octanol–water partition coefficient (Wildman–Crippen LogP) is 5.10. The Hall–Kier alpha value is -1.16. The highest BCUT2D eigenvalue weighted by molar-refractivity contribution is 6.37. The van der Waals surface area contributed by atoms with E-state index in [2.05, 4.69) is 9.97 Å². The standard InChI is InChI=1S/C16H18Cl2N2O/c1-9(2)13(21-4)16-19-14(17)12(15(18)20-16)11-8-6-5-7-10(11)3/h5-9,13H,1-4H3. The van der Waals surface area contributed by atoms with Crippen molar-refractivity contribution >= 4 is 23.2 Å². The van der Waals surface area contributed by atoms with Gasteiger partial charge in [0.2, 0.25) is 0 Å². The van der Waals surface area contributed by atoms with Crippen LogP contribution in [0, 0.1) is 12.8 Å². The second kappa shape index (κ2) is 6.73. The van der Waals surface area contributed by atoms with Crippen molar-refractivity contribution in [1.82, 2.24) is 9.97 Å². The smallest absolute Gasteiger partial charge is 0.160 e. The van der Waals surface area contributed by atoms with Gasteiger partial charge in [-0.25, -0.2) is 9.97 Å². The molecule has 0 fully saturated rings. The zero-order valence-corrected chi connectivity index (χ0v) is 14.0. The summed E-state index contributed by atoms with van der Waals surface area (Å²) in [7, 11) is 1.63. The van der Waals surface area contributed by atoms with Gasteiger partial charge in [0, 0.05) is 7.11 Å². The summed E-state index contributed by atoms with van der Waals surface area (Å²) in [6.07, 6.45) is -0.231. The van der Waals surface area contributed by atoms with Crippen molar-refractivity contribution < 1.29 is 4.74 Å². The normalized spacial score (nSPS) is 12.7. The topological polar surface area (TPSA) is 35.0 Å². The molecular formula is C16H18Cl2N2O. The highest BCUT2D eigenvalue weighted by Gasteiger charge is 2.22. The summed E-state index contributed by atoms with van der Waals surface area (Å²) < 4.78 is 5.43. The van der Waals surface area contributed by atoms with Gasteiger partial charge < -0.3 is 4.74 Å². The second-order valence-corrected chi connectivity index (χ2v) is 5.97. The van der Waals surface area contributed by atoms with E-state index in [1.54, 1.807) is 7.11 Å². The summed E-state index contributed by atoms with van der Waals surface area (Å²) in [6, 6.07) is 7.87. The number of aromatic nitrogens is 2. The van der Waals surface area contributed by atoms with E-state index >= 15 is 0 Å². The Morgan fingerprint density at radius 1 is 1.05 bits per heavy atom. The minimum atomic E-state index is -0.231. The van der Waals surface area contributed by atoms with Crippen LogP contribution in [0.15, 0.2) is 24.3 Å². The maximum atomic E-state index is 6.36. The molecule has 0 N–H and O–H groups in total. The molecule has 0 saturated heterocycles. The molecule has 2 rings (SSSR count). The van der Waals surface area contributed by atoms with E-state index in [1.807, 2.05) is 45.0 Å². The molecule has 3 nitrogen and oxygen atoms in total. The van der Waals surface area contributed by atoms with Crippen LogP contribution in [0.2, 0.25) is 10.3 Å². The lowest BCUT2D eigenvalue weighted by Gasteiger charge is -2.19. The van der Waals surface area contributed by atoms with Crippen LogP contribution in [-0.4, -0.2) is 17.1 Å². The molecule has 0 aliphatic heterocycles. The van der Waals surface area contributed by atoms with E-state index in [4.69, 9.17) is 27.9 Å². The molecule has 0 spiro atoms. The fraction of sp³-hybridized carbons (Fsp3) is 0.375. The number of hydrogen-bond acceptors (Lipinski definition) is 3. The molecule has 1 aromatic carbocycles.